The van der Waals surface area contributed by atoms with Crippen LogP contribution < -0.4 is 5.46 Å². The summed E-state index contributed by atoms with van der Waals surface area (Å²) in [6.45, 7) is 3.39. The Morgan fingerprint density at radius 3 is 1.74 bits per heavy atom. The van der Waals surface area contributed by atoms with Crippen LogP contribution in [0.25, 0.3) is 11.1 Å². The van der Waals surface area contributed by atoms with Crippen LogP contribution in [0.3, 0.4) is 0 Å². The van der Waals surface area contributed by atoms with Gasteiger partial charge in [0.1, 0.15) is 12.6 Å². The van der Waals surface area contributed by atoms with Gasteiger partial charge in [-0.2, -0.15) is 0 Å². The first-order valence-corrected chi connectivity index (χ1v) is 7.49. The molecule has 2 aromatic carbocycles. The lowest BCUT2D eigenvalue weighted by Gasteiger charge is -2.20. The molecule has 0 radical (unpaired) electrons. The second kappa shape index (κ2) is 7.35. The van der Waals surface area contributed by atoms with Crippen LogP contribution >= 0.6 is 0 Å². The number of benzene rings is 2. The van der Waals surface area contributed by atoms with Crippen LogP contribution in [0.1, 0.15) is 36.8 Å². The van der Waals surface area contributed by atoms with Gasteiger partial charge in [-0.1, -0.05) is 56.3 Å². The zero-order valence-electron chi connectivity index (χ0n) is 13.1. The summed E-state index contributed by atoms with van der Waals surface area (Å²) >= 11 is 0. The second-order valence-electron chi connectivity index (χ2n) is 5.66. The quantitative estimate of drug-likeness (QED) is 0.628. The first-order chi connectivity index (χ1) is 11.0. The SMILES string of the molecule is CC(C=O)c1cc(-c2ccccc2)cc(C(C)C=O)c1B(O)O. The summed E-state index contributed by atoms with van der Waals surface area (Å²) in [6, 6.07) is 13.1. The molecule has 0 aliphatic heterocycles. The number of carbonyl (C=O) groups is 2. The maximum absolute atomic E-state index is 11.2. The average Bonchev–Trinajstić information content (AvgIpc) is 2.59. The van der Waals surface area contributed by atoms with E-state index in [9.17, 15) is 19.6 Å². The van der Waals surface area contributed by atoms with Crippen molar-refractivity contribution in [2.75, 3.05) is 0 Å². The Bertz CT molecular complexity index is 662. The van der Waals surface area contributed by atoms with E-state index >= 15 is 0 Å². The molecule has 0 spiro atoms. The van der Waals surface area contributed by atoms with Gasteiger partial charge in [-0.15, -0.1) is 0 Å². The molecule has 0 amide bonds. The minimum Gasteiger partial charge on any atom is -0.423 e. The molecule has 0 aliphatic rings. The molecule has 23 heavy (non-hydrogen) atoms. The van der Waals surface area contributed by atoms with Crippen LogP contribution in [0, 0.1) is 0 Å². The predicted octanol–water partition coefficient (Wildman–Crippen LogP) is 1.64. The lowest BCUT2D eigenvalue weighted by molar-refractivity contribution is -0.109. The number of hydrogen-bond acceptors (Lipinski definition) is 4. The molecule has 2 atom stereocenters. The summed E-state index contributed by atoms with van der Waals surface area (Å²) < 4.78 is 0. The van der Waals surface area contributed by atoms with Gasteiger partial charge in [0.2, 0.25) is 0 Å². The Kier molecular flexibility index (Phi) is 5.47. The van der Waals surface area contributed by atoms with E-state index in [2.05, 4.69) is 0 Å². The minimum absolute atomic E-state index is 0.240. The Morgan fingerprint density at radius 2 is 1.35 bits per heavy atom. The molecule has 2 N–H and O–H groups in total. The fourth-order valence-electron chi connectivity index (χ4n) is 2.69. The van der Waals surface area contributed by atoms with Gasteiger partial charge in [0.15, 0.2) is 0 Å². The van der Waals surface area contributed by atoms with Gasteiger partial charge in [-0.05, 0) is 27.7 Å². The van der Waals surface area contributed by atoms with E-state index < -0.39 is 19.0 Å². The third-order valence-corrected chi connectivity index (χ3v) is 4.00. The zero-order chi connectivity index (χ0) is 17.0. The molecule has 0 saturated heterocycles. The number of aldehydes is 2. The first kappa shape index (κ1) is 17.1. The molecule has 5 heteroatoms. The van der Waals surface area contributed by atoms with Gasteiger partial charge >= 0.3 is 7.12 Å². The van der Waals surface area contributed by atoms with Crippen LogP contribution in [0.5, 0.6) is 0 Å². The highest BCUT2D eigenvalue weighted by Gasteiger charge is 2.26. The molecule has 2 unspecified atom stereocenters. The minimum atomic E-state index is -1.74. The molecular formula is C18H19BO4. The van der Waals surface area contributed by atoms with Gasteiger partial charge in [-0.25, -0.2) is 0 Å². The molecule has 0 heterocycles. The van der Waals surface area contributed by atoms with Gasteiger partial charge in [0.05, 0.1) is 0 Å². The number of rotatable bonds is 6. The molecule has 118 valence electrons. The molecule has 4 nitrogen and oxygen atoms in total. The third kappa shape index (κ3) is 3.58. The second-order valence-corrected chi connectivity index (χ2v) is 5.66. The van der Waals surface area contributed by atoms with Crippen LogP contribution in [0.2, 0.25) is 0 Å². The fraction of sp³-hybridized carbons (Fsp3) is 0.222. The van der Waals surface area contributed by atoms with Crippen molar-refractivity contribution >= 4 is 25.2 Å². The summed E-state index contributed by atoms with van der Waals surface area (Å²) in [7, 11) is -1.74. The van der Waals surface area contributed by atoms with Gasteiger partial charge in [0, 0.05) is 11.8 Å². The fourth-order valence-corrected chi connectivity index (χ4v) is 2.69. The van der Waals surface area contributed by atoms with E-state index in [4.69, 9.17) is 0 Å². The Labute approximate surface area is 135 Å². The normalized spacial score (nSPS) is 13.2. The topological polar surface area (TPSA) is 74.6 Å². The van der Waals surface area contributed by atoms with E-state index in [1.165, 1.54) is 0 Å². The molecule has 0 fully saturated rings. The third-order valence-electron chi connectivity index (χ3n) is 4.00. The van der Waals surface area contributed by atoms with E-state index in [0.29, 0.717) is 11.1 Å². The van der Waals surface area contributed by atoms with Crippen LogP contribution in [-0.2, 0) is 9.59 Å². The van der Waals surface area contributed by atoms with Crippen LogP contribution in [0.4, 0.5) is 0 Å². The van der Waals surface area contributed by atoms with E-state index in [1.807, 2.05) is 30.3 Å². The maximum Gasteiger partial charge on any atom is 0.489 e. The first-order valence-electron chi connectivity index (χ1n) is 7.49. The largest absolute Gasteiger partial charge is 0.489 e. The predicted molar refractivity (Wildman–Crippen MR) is 90.7 cm³/mol. The summed E-state index contributed by atoms with van der Waals surface area (Å²) in [5.74, 6) is -1.01. The van der Waals surface area contributed by atoms with Crippen molar-refractivity contribution in [3.05, 3.63) is 53.6 Å². The van der Waals surface area contributed by atoms with Crippen LogP contribution in [0.15, 0.2) is 42.5 Å². The lowest BCUT2D eigenvalue weighted by Crippen LogP contribution is -2.38. The highest BCUT2D eigenvalue weighted by molar-refractivity contribution is 6.60. The van der Waals surface area contributed by atoms with E-state index in [1.54, 1.807) is 26.0 Å². The van der Waals surface area contributed by atoms with E-state index in [0.717, 1.165) is 23.7 Å². The van der Waals surface area contributed by atoms with Crippen molar-refractivity contribution in [1.82, 2.24) is 0 Å². The van der Waals surface area contributed by atoms with Crippen molar-refractivity contribution in [1.29, 1.82) is 0 Å². The van der Waals surface area contributed by atoms with Gasteiger partial charge in [0.25, 0.3) is 0 Å². The molecule has 0 aromatic heterocycles. The Balaban J connectivity index is 2.77. The highest BCUT2D eigenvalue weighted by Crippen LogP contribution is 2.27. The summed E-state index contributed by atoms with van der Waals surface area (Å²) in [5, 5.41) is 19.5. The van der Waals surface area contributed by atoms with Crippen molar-refractivity contribution in [3.8, 4) is 11.1 Å². The molecule has 0 bridgehead atoms. The van der Waals surface area contributed by atoms with Crippen molar-refractivity contribution in [2.24, 2.45) is 0 Å². The van der Waals surface area contributed by atoms with Crippen molar-refractivity contribution in [2.45, 2.75) is 25.7 Å². The molecule has 2 aromatic rings. The molecule has 0 aliphatic carbocycles. The number of hydrogen-bond donors (Lipinski definition) is 2. The highest BCUT2D eigenvalue weighted by atomic mass is 16.4. The van der Waals surface area contributed by atoms with E-state index in [-0.39, 0.29) is 5.46 Å². The summed E-state index contributed by atoms with van der Waals surface area (Å²) in [5.41, 5.74) is 3.07. The van der Waals surface area contributed by atoms with Crippen LogP contribution in [-0.4, -0.2) is 29.7 Å². The van der Waals surface area contributed by atoms with Gasteiger partial charge < -0.3 is 19.6 Å². The monoisotopic (exact) mass is 310 g/mol. The summed E-state index contributed by atoms with van der Waals surface area (Å²) in [4.78, 5) is 22.5. The maximum atomic E-state index is 11.2. The van der Waals surface area contributed by atoms with Gasteiger partial charge in [-0.3, -0.25) is 0 Å². The van der Waals surface area contributed by atoms with Crippen molar-refractivity contribution in [3.63, 3.8) is 0 Å². The number of carbonyl (C=O) groups excluding carboxylic acids is 2. The molecular weight excluding hydrogens is 291 g/mol. The lowest BCUT2D eigenvalue weighted by atomic mass is 9.68. The average molecular weight is 310 g/mol. The smallest absolute Gasteiger partial charge is 0.423 e. The Hall–Kier alpha value is -2.24. The standard InChI is InChI=1S/C18H19BO4/c1-12(10-20)16-8-15(14-6-4-3-5-7-14)9-17(13(2)11-21)18(16)19(22)23/h3-13,22-23H,1-2H3. The Morgan fingerprint density at radius 1 is 0.870 bits per heavy atom. The van der Waals surface area contributed by atoms with Crippen molar-refractivity contribution < 1.29 is 19.6 Å². The molecule has 0 saturated carbocycles. The summed E-state index contributed by atoms with van der Waals surface area (Å²) in [6.07, 6.45) is 1.51. The molecule has 2 rings (SSSR count). The zero-order valence-corrected chi connectivity index (χ0v) is 13.1.